The number of ether oxygens (including phenoxy) is 1. The van der Waals surface area contributed by atoms with Gasteiger partial charge < -0.3 is 15.4 Å². The highest BCUT2D eigenvalue weighted by Crippen LogP contribution is 2.32. The minimum Gasteiger partial charge on any atom is -0.496 e. The molecule has 0 radical (unpaired) electrons. The Balaban J connectivity index is 1.79. The van der Waals surface area contributed by atoms with E-state index in [4.69, 9.17) is 27.9 Å². The third kappa shape index (κ3) is 4.36. The molecule has 0 aliphatic heterocycles. The lowest BCUT2D eigenvalue weighted by molar-refractivity contribution is 0.410. The summed E-state index contributed by atoms with van der Waals surface area (Å²) in [7, 11) is 1.66. The van der Waals surface area contributed by atoms with Gasteiger partial charge in [0.1, 0.15) is 11.6 Å². The molecule has 3 aromatic rings. The zero-order valence-corrected chi connectivity index (χ0v) is 15.9. The molecular weight excluding hydrogens is 371 g/mol. The summed E-state index contributed by atoms with van der Waals surface area (Å²) in [5, 5.41) is 7.40. The monoisotopic (exact) mass is 388 g/mol. The average molecular weight is 389 g/mol. The van der Waals surface area contributed by atoms with E-state index >= 15 is 0 Å². The predicted molar refractivity (Wildman–Crippen MR) is 107 cm³/mol. The maximum absolute atomic E-state index is 6.20. The van der Waals surface area contributed by atoms with Crippen LogP contribution in [0.3, 0.4) is 0 Å². The minimum absolute atomic E-state index is 0.419. The number of methoxy groups -OCH3 is 1. The number of rotatable bonds is 6. The lowest BCUT2D eigenvalue weighted by Gasteiger charge is -2.13. The van der Waals surface area contributed by atoms with Gasteiger partial charge in [-0.3, -0.25) is 0 Å². The molecule has 0 aliphatic carbocycles. The van der Waals surface area contributed by atoms with Gasteiger partial charge in [0.15, 0.2) is 0 Å². The Morgan fingerprint density at radius 2 is 1.73 bits per heavy atom. The van der Waals surface area contributed by atoms with Crippen LogP contribution in [0.4, 0.5) is 17.5 Å². The van der Waals surface area contributed by atoms with Gasteiger partial charge >= 0.3 is 0 Å². The molecule has 134 valence electrons. The van der Waals surface area contributed by atoms with Crippen LogP contribution in [0, 0.1) is 6.92 Å². The van der Waals surface area contributed by atoms with E-state index in [1.54, 1.807) is 25.3 Å². The molecule has 0 amide bonds. The van der Waals surface area contributed by atoms with Crippen molar-refractivity contribution in [3.63, 3.8) is 0 Å². The fraction of sp³-hybridized carbons (Fsp3) is 0.158. The van der Waals surface area contributed by atoms with Crippen LogP contribution in [0.5, 0.6) is 5.75 Å². The van der Waals surface area contributed by atoms with Gasteiger partial charge in [0, 0.05) is 23.9 Å². The number of para-hydroxylation sites is 2. The fourth-order valence-electron chi connectivity index (χ4n) is 2.48. The summed E-state index contributed by atoms with van der Waals surface area (Å²) < 4.78 is 5.37. The zero-order chi connectivity index (χ0) is 18.5. The summed E-state index contributed by atoms with van der Waals surface area (Å²) >= 11 is 12.4. The Morgan fingerprint density at radius 1 is 1.00 bits per heavy atom. The molecule has 0 bridgehead atoms. The van der Waals surface area contributed by atoms with Gasteiger partial charge in [0.25, 0.3) is 0 Å². The van der Waals surface area contributed by atoms with E-state index in [0.717, 1.165) is 17.0 Å². The van der Waals surface area contributed by atoms with Crippen molar-refractivity contribution in [3.8, 4) is 5.75 Å². The molecule has 0 unspecified atom stereocenters. The lowest BCUT2D eigenvalue weighted by atomic mass is 10.2. The van der Waals surface area contributed by atoms with E-state index < -0.39 is 0 Å². The number of anilines is 3. The molecule has 2 N–H and O–H groups in total. The second kappa shape index (κ2) is 8.25. The highest BCUT2D eigenvalue weighted by atomic mass is 35.5. The highest BCUT2D eigenvalue weighted by Gasteiger charge is 2.09. The van der Waals surface area contributed by atoms with E-state index in [1.807, 2.05) is 37.3 Å². The number of halogens is 2. The van der Waals surface area contributed by atoms with Crippen molar-refractivity contribution < 1.29 is 4.74 Å². The highest BCUT2D eigenvalue weighted by molar-refractivity contribution is 6.39. The maximum atomic E-state index is 6.20. The van der Waals surface area contributed by atoms with Gasteiger partial charge in [-0.1, -0.05) is 47.5 Å². The normalized spacial score (nSPS) is 10.5. The zero-order valence-electron chi connectivity index (χ0n) is 14.4. The number of aromatic nitrogens is 2. The van der Waals surface area contributed by atoms with Crippen molar-refractivity contribution in [2.45, 2.75) is 13.5 Å². The average Bonchev–Trinajstić information content (AvgIpc) is 2.63. The number of hydrogen-bond donors (Lipinski definition) is 2. The van der Waals surface area contributed by atoms with E-state index in [0.29, 0.717) is 34.0 Å². The van der Waals surface area contributed by atoms with E-state index in [9.17, 15) is 0 Å². The van der Waals surface area contributed by atoms with Crippen molar-refractivity contribution >= 4 is 40.7 Å². The van der Waals surface area contributed by atoms with Crippen molar-refractivity contribution in [3.05, 3.63) is 69.8 Å². The Labute approximate surface area is 162 Å². The molecule has 0 saturated heterocycles. The summed E-state index contributed by atoms with van der Waals surface area (Å²) in [6.07, 6.45) is 0. The molecular formula is C19H18Cl2N4O. The first-order valence-corrected chi connectivity index (χ1v) is 8.75. The number of aryl methyl sites for hydroxylation is 1. The van der Waals surface area contributed by atoms with E-state index in [2.05, 4.69) is 20.6 Å². The van der Waals surface area contributed by atoms with Crippen molar-refractivity contribution in [1.82, 2.24) is 9.97 Å². The smallest absolute Gasteiger partial charge is 0.229 e. The van der Waals surface area contributed by atoms with Crippen LogP contribution in [0.15, 0.2) is 48.5 Å². The quantitative estimate of drug-likeness (QED) is 0.587. The Bertz CT molecular complexity index is 898. The molecule has 0 fully saturated rings. The maximum Gasteiger partial charge on any atom is 0.229 e. The summed E-state index contributed by atoms with van der Waals surface area (Å²) in [6, 6.07) is 15.0. The third-order valence-corrected chi connectivity index (χ3v) is 4.34. The number of hydrogen-bond acceptors (Lipinski definition) is 5. The summed E-state index contributed by atoms with van der Waals surface area (Å²) in [5.74, 6) is 1.93. The van der Waals surface area contributed by atoms with E-state index in [1.165, 1.54) is 0 Å². The molecule has 0 aliphatic rings. The Kier molecular flexibility index (Phi) is 5.81. The lowest BCUT2D eigenvalue weighted by Crippen LogP contribution is -2.06. The molecule has 0 atom stereocenters. The third-order valence-electron chi connectivity index (χ3n) is 3.71. The standard InChI is InChI=1S/C19H18Cl2N4O/c1-12-10-17(22-11-13-6-3-4-9-16(13)26-2)24-19(23-12)25-18-14(20)7-5-8-15(18)21/h3-10H,11H2,1-2H3,(H2,22,23,24,25). The second-order valence-corrected chi connectivity index (χ2v) is 6.42. The number of benzene rings is 2. The number of nitrogens with zero attached hydrogens (tertiary/aromatic N) is 2. The van der Waals surface area contributed by atoms with Gasteiger partial charge in [-0.2, -0.15) is 4.98 Å². The molecule has 3 rings (SSSR count). The van der Waals surface area contributed by atoms with Crippen LogP contribution >= 0.6 is 23.2 Å². The fourth-order valence-corrected chi connectivity index (χ4v) is 2.97. The van der Waals surface area contributed by atoms with Crippen molar-refractivity contribution in [2.75, 3.05) is 17.7 Å². The van der Waals surface area contributed by atoms with Crippen LogP contribution < -0.4 is 15.4 Å². The van der Waals surface area contributed by atoms with Gasteiger partial charge in [-0.15, -0.1) is 0 Å². The molecule has 5 nitrogen and oxygen atoms in total. The second-order valence-electron chi connectivity index (χ2n) is 5.61. The SMILES string of the molecule is COc1ccccc1CNc1cc(C)nc(Nc2c(Cl)cccc2Cl)n1. The topological polar surface area (TPSA) is 59.1 Å². The van der Waals surface area contributed by atoms with Crippen molar-refractivity contribution in [2.24, 2.45) is 0 Å². The summed E-state index contributed by atoms with van der Waals surface area (Å²) in [6.45, 7) is 2.47. The van der Waals surface area contributed by atoms with Gasteiger partial charge in [0.05, 0.1) is 22.8 Å². The summed E-state index contributed by atoms with van der Waals surface area (Å²) in [5.41, 5.74) is 2.43. The van der Waals surface area contributed by atoms with Gasteiger partial charge in [-0.25, -0.2) is 4.98 Å². The first-order chi connectivity index (χ1) is 12.6. The van der Waals surface area contributed by atoms with Gasteiger partial charge in [0.2, 0.25) is 5.95 Å². The first kappa shape index (κ1) is 18.3. The minimum atomic E-state index is 0.419. The van der Waals surface area contributed by atoms with Crippen LogP contribution in [0.25, 0.3) is 0 Å². The Morgan fingerprint density at radius 3 is 2.46 bits per heavy atom. The van der Waals surface area contributed by atoms with E-state index in [-0.39, 0.29) is 0 Å². The van der Waals surface area contributed by atoms with Crippen LogP contribution in [-0.2, 0) is 6.54 Å². The largest absolute Gasteiger partial charge is 0.496 e. The predicted octanol–water partition coefficient (Wildman–Crippen LogP) is 5.46. The van der Waals surface area contributed by atoms with Crippen LogP contribution in [0.2, 0.25) is 10.0 Å². The molecule has 1 aromatic heterocycles. The molecule has 0 spiro atoms. The molecule has 2 aromatic carbocycles. The molecule has 26 heavy (non-hydrogen) atoms. The van der Waals surface area contributed by atoms with Crippen molar-refractivity contribution in [1.29, 1.82) is 0 Å². The number of nitrogens with one attached hydrogen (secondary N) is 2. The molecule has 7 heteroatoms. The molecule has 1 heterocycles. The van der Waals surface area contributed by atoms with Crippen LogP contribution in [-0.4, -0.2) is 17.1 Å². The summed E-state index contributed by atoms with van der Waals surface area (Å²) in [4.78, 5) is 8.89. The first-order valence-electron chi connectivity index (χ1n) is 7.99. The van der Waals surface area contributed by atoms with Crippen LogP contribution in [0.1, 0.15) is 11.3 Å². The molecule has 0 saturated carbocycles. The van der Waals surface area contributed by atoms with Gasteiger partial charge in [-0.05, 0) is 25.1 Å². The Hall–Kier alpha value is -2.50.